The van der Waals surface area contributed by atoms with E-state index in [-0.39, 0.29) is 23.8 Å². The van der Waals surface area contributed by atoms with Gasteiger partial charge in [0.25, 0.3) is 0 Å². The Bertz CT molecular complexity index is 522. The fraction of sp³-hybridized carbons (Fsp3) is 0.529. The molecule has 1 aliphatic heterocycles. The SMILES string of the molecule is CC(C)(C)CN(CC(=O)N1CCNC(=O)C1)c1ccccc1. The molecule has 0 atom stereocenters. The first-order chi connectivity index (χ1) is 10.3. The smallest absolute Gasteiger partial charge is 0.242 e. The summed E-state index contributed by atoms with van der Waals surface area (Å²) in [7, 11) is 0. The van der Waals surface area contributed by atoms with Crippen LogP contribution in [0.4, 0.5) is 5.69 Å². The minimum absolute atomic E-state index is 0.00273. The minimum Gasteiger partial charge on any atom is -0.362 e. The summed E-state index contributed by atoms with van der Waals surface area (Å²) in [5.74, 6) is -0.0790. The Hall–Kier alpha value is -2.04. The van der Waals surface area contributed by atoms with Crippen LogP contribution in [-0.4, -0.2) is 49.4 Å². The average Bonchev–Trinajstić information content (AvgIpc) is 2.46. The van der Waals surface area contributed by atoms with Gasteiger partial charge < -0.3 is 15.1 Å². The Morgan fingerprint density at radius 3 is 2.55 bits per heavy atom. The van der Waals surface area contributed by atoms with E-state index in [1.165, 1.54) is 0 Å². The number of anilines is 1. The predicted molar refractivity (Wildman–Crippen MR) is 87.7 cm³/mol. The number of benzene rings is 1. The van der Waals surface area contributed by atoms with E-state index >= 15 is 0 Å². The molecule has 2 rings (SSSR count). The molecule has 0 bridgehead atoms. The molecule has 5 heteroatoms. The molecule has 0 aliphatic carbocycles. The summed E-state index contributed by atoms with van der Waals surface area (Å²) in [5, 5.41) is 2.74. The maximum Gasteiger partial charge on any atom is 0.242 e. The summed E-state index contributed by atoms with van der Waals surface area (Å²) in [5.41, 5.74) is 1.11. The number of hydrogen-bond acceptors (Lipinski definition) is 3. The van der Waals surface area contributed by atoms with Gasteiger partial charge in [0, 0.05) is 25.3 Å². The van der Waals surface area contributed by atoms with Crippen molar-refractivity contribution in [3.05, 3.63) is 30.3 Å². The van der Waals surface area contributed by atoms with Crippen molar-refractivity contribution in [1.82, 2.24) is 10.2 Å². The number of amides is 2. The molecule has 1 saturated heterocycles. The van der Waals surface area contributed by atoms with Crippen LogP contribution in [0, 0.1) is 5.41 Å². The third-order valence-corrected chi connectivity index (χ3v) is 3.50. The van der Waals surface area contributed by atoms with E-state index in [4.69, 9.17) is 0 Å². The highest BCUT2D eigenvalue weighted by molar-refractivity contribution is 5.88. The van der Waals surface area contributed by atoms with Crippen LogP contribution in [0.2, 0.25) is 0 Å². The van der Waals surface area contributed by atoms with E-state index in [1.807, 2.05) is 30.3 Å². The summed E-state index contributed by atoms with van der Waals surface area (Å²) in [6.45, 7) is 8.83. The van der Waals surface area contributed by atoms with Gasteiger partial charge in [-0.15, -0.1) is 0 Å². The second-order valence-electron chi connectivity index (χ2n) is 6.92. The van der Waals surface area contributed by atoms with E-state index in [9.17, 15) is 9.59 Å². The van der Waals surface area contributed by atoms with Crippen molar-refractivity contribution < 1.29 is 9.59 Å². The molecule has 22 heavy (non-hydrogen) atoms. The number of nitrogens with zero attached hydrogens (tertiary/aromatic N) is 2. The number of piperazine rings is 1. The molecule has 1 aliphatic rings. The molecule has 0 radical (unpaired) electrons. The highest BCUT2D eigenvalue weighted by Gasteiger charge is 2.25. The molecule has 1 aromatic carbocycles. The molecule has 1 fully saturated rings. The van der Waals surface area contributed by atoms with E-state index in [0.717, 1.165) is 12.2 Å². The first kappa shape index (κ1) is 16.3. The molecule has 2 amide bonds. The van der Waals surface area contributed by atoms with Crippen LogP contribution >= 0.6 is 0 Å². The van der Waals surface area contributed by atoms with Crippen LogP contribution in [0.15, 0.2) is 30.3 Å². The predicted octanol–water partition coefficient (Wildman–Crippen LogP) is 1.50. The van der Waals surface area contributed by atoms with Gasteiger partial charge in [0.15, 0.2) is 0 Å². The fourth-order valence-corrected chi connectivity index (χ4v) is 2.56. The zero-order chi connectivity index (χ0) is 16.2. The van der Waals surface area contributed by atoms with Crippen molar-refractivity contribution in [2.45, 2.75) is 20.8 Å². The highest BCUT2D eigenvalue weighted by atomic mass is 16.2. The zero-order valence-electron chi connectivity index (χ0n) is 13.6. The van der Waals surface area contributed by atoms with Gasteiger partial charge in [-0.3, -0.25) is 9.59 Å². The monoisotopic (exact) mass is 303 g/mol. The minimum atomic E-state index is -0.0818. The zero-order valence-corrected chi connectivity index (χ0v) is 13.6. The number of carbonyl (C=O) groups excluding carboxylic acids is 2. The van der Waals surface area contributed by atoms with Gasteiger partial charge in [0.1, 0.15) is 0 Å². The topological polar surface area (TPSA) is 52.7 Å². The van der Waals surface area contributed by atoms with Gasteiger partial charge >= 0.3 is 0 Å². The Balaban J connectivity index is 2.09. The largest absolute Gasteiger partial charge is 0.362 e. The Labute approximate surface area is 132 Å². The lowest BCUT2D eigenvalue weighted by molar-refractivity contribution is -0.137. The number of rotatable bonds is 4. The van der Waals surface area contributed by atoms with Gasteiger partial charge in [-0.25, -0.2) is 0 Å². The second kappa shape index (κ2) is 6.81. The van der Waals surface area contributed by atoms with Gasteiger partial charge in [-0.2, -0.15) is 0 Å². The summed E-state index contributed by atoms with van der Waals surface area (Å²) in [6.07, 6.45) is 0. The maximum absolute atomic E-state index is 12.5. The molecule has 0 saturated carbocycles. The molecule has 1 heterocycles. The van der Waals surface area contributed by atoms with E-state index in [2.05, 4.69) is 31.0 Å². The third-order valence-electron chi connectivity index (χ3n) is 3.50. The standard InChI is InChI=1S/C17H25N3O2/c1-17(2,3)13-20(14-7-5-4-6-8-14)12-16(22)19-10-9-18-15(21)11-19/h4-8H,9-13H2,1-3H3,(H,18,21). The summed E-state index contributed by atoms with van der Waals surface area (Å²) in [6, 6.07) is 9.95. The lowest BCUT2D eigenvalue weighted by Gasteiger charge is -2.34. The fourth-order valence-electron chi connectivity index (χ4n) is 2.56. The van der Waals surface area contributed by atoms with Crippen molar-refractivity contribution in [2.75, 3.05) is 37.6 Å². The Morgan fingerprint density at radius 2 is 1.95 bits per heavy atom. The lowest BCUT2D eigenvalue weighted by Crippen LogP contribution is -2.53. The normalized spacial score (nSPS) is 15.4. The summed E-state index contributed by atoms with van der Waals surface area (Å²) >= 11 is 0. The molecule has 5 nitrogen and oxygen atoms in total. The van der Waals surface area contributed by atoms with E-state index in [0.29, 0.717) is 19.6 Å². The van der Waals surface area contributed by atoms with Crippen LogP contribution in [0.5, 0.6) is 0 Å². The van der Waals surface area contributed by atoms with E-state index < -0.39 is 0 Å². The third kappa shape index (κ3) is 4.76. The van der Waals surface area contributed by atoms with Gasteiger partial charge in [0.05, 0.1) is 13.1 Å². The van der Waals surface area contributed by atoms with Crippen molar-refractivity contribution >= 4 is 17.5 Å². The quantitative estimate of drug-likeness (QED) is 0.917. The van der Waals surface area contributed by atoms with Crippen LogP contribution in [0.3, 0.4) is 0 Å². The maximum atomic E-state index is 12.5. The number of hydrogen-bond donors (Lipinski definition) is 1. The lowest BCUT2D eigenvalue weighted by atomic mass is 9.95. The van der Waals surface area contributed by atoms with E-state index in [1.54, 1.807) is 4.90 Å². The molecular formula is C17H25N3O2. The molecular weight excluding hydrogens is 278 g/mol. The molecule has 120 valence electrons. The van der Waals surface area contributed by atoms with Crippen LogP contribution in [0.1, 0.15) is 20.8 Å². The summed E-state index contributed by atoms with van der Waals surface area (Å²) in [4.78, 5) is 27.7. The van der Waals surface area contributed by atoms with Crippen molar-refractivity contribution in [1.29, 1.82) is 0 Å². The first-order valence-electron chi connectivity index (χ1n) is 7.70. The van der Waals surface area contributed by atoms with Gasteiger partial charge in [-0.1, -0.05) is 39.0 Å². The Morgan fingerprint density at radius 1 is 1.27 bits per heavy atom. The molecule has 0 spiro atoms. The first-order valence-corrected chi connectivity index (χ1v) is 7.70. The Kier molecular flexibility index (Phi) is 5.06. The number of nitrogens with one attached hydrogen (secondary N) is 1. The van der Waals surface area contributed by atoms with Crippen LogP contribution in [0.25, 0.3) is 0 Å². The average molecular weight is 303 g/mol. The van der Waals surface area contributed by atoms with Crippen LogP contribution in [-0.2, 0) is 9.59 Å². The van der Waals surface area contributed by atoms with Crippen LogP contribution < -0.4 is 10.2 Å². The second-order valence-corrected chi connectivity index (χ2v) is 6.92. The van der Waals surface area contributed by atoms with Crippen molar-refractivity contribution in [3.8, 4) is 0 Å². The molecule has 0 aromatic heterocycles. The highest BCUT2D eigenvalue weighted by Crippen LogP contribution is 2.21. The molecule has 1 N–H and O–H groups in total. The summed E-state index contributed by atoms with van der Waals surface area (Å²) < 4.78 is 0. The molecule has 0 unspecified atom stereocenters. The van der Waals surface area contributed by atoms with Gasteiger partial charge in [-0.05, 0) is 17.5 Å². The molecule has 1 aromatic rings. The number of para-hydroxylation sites is 1. The van der Waals surface area contributed by atoms with Crippen molar-refractivity contribution in [2.24, 2.45) is 5.41 Å². The van der Waals surface area contributed by atoms with Gasteiger partial charge in [0.2, 0.25) is 11.8 Å². The number of carbonyl (C=O) groups is 2. The van der Waals surface area contributed by atoms with Crippen molar-refractivity contribution in [3.63, 3.8) is 0 Å².